The molecule has 7 heteroatoms. The molecule has 1 unspecified atom stereocenters. The monoisotopic (exact) mass is 335 g/mol. The quantitative estimate of drug-likeness (QED) is 0.476. The fraction of sp³-hybridized carbons (Fsp3) is 0.267. The molecule has 1 aromatic heterocycles. The van der Waals surface area contributed by atoms with E-state index < -0.39 is 6.10 Å². The van der Waals surface area contributed by atoms with Gasteiger partial charge in [-0.1, -0.05) is 47.4 Å². The number of nitrogens with zero attached hydrogens (tertiary/aromatic N) is 2. The molecule has 0 bridgehead atoms. The average molecular weight is 335 g/mol. The zero-order valence-corrected chi connectivity index (χ0v) is 14.0. The van der Waals surface area contributed by atoms with E-state index in [0.717, 1.165) is 15.7 Å². The van der Waals surface area contributed by atoms with Gasteiger partial charge in [0.25, 0.3) is 5.91 Å². The lowest BCUT2D eigenvalue weighted by Crippen LogP contribution is -2.30. The largest absolute Gasteiger partial charge is 0.481 e. The summed E-state index contributed by atoms with van der Waals surface area (Å²) in [6.07, 6.45) is 1.18. The van der Waals surface area contributed by atoms with Crippen molar-refractivity contribution >= 4 is 34.1 Å². The lowest BCUT2D eigenvalue weighted by Gasteiger charge is -2.15. The molecule has 0 aliphatic rings. The summed E-state index contributed by atoms with van der Waals surface area (Å²) in [6, 6.07) is 7.58. The Morgan fingerprint density at radius 3 is 3.00 bits per heavy atom. The van der Waals surface area contributed by atoms with Gasteiger partial charge in [0, 0.05) is 5.75 Å². The Labute approximate surface area is 137 Å². The molecule has 1 heterocycles. The van der Waals surface area contributed by atoms with Crippen LogP contribution in [0, 0.1) is 6.92 Å². The molecule has 0 saturated carbocycles. The number of para-hydroxylation sites is 1. The Hall–Kier alpha value is -1.86. The third-order valence-electron chi connectivity index (χ3n) is 2.73. The normalized spacial score (nSPS) is 11.7. The van der Waals surface area contributed by atoms with Gasteiger partial charge in [0.15, 0.2) is 10.4 Å². The number of anilines is 1. The summed E-state index contributed by atoms with van der Waals surface area (Å²) in [7, 11) is 0. The number of benzene rings is 1. The number of amides is 1. The van der Waals surface area contributed by atoms with Crippen LogP contribution in [-0.2, 0) is 4.79 Å². The maximum absolute atomic E-state index is 12.1. The van der Waals surface area contributed by atoms with Crippen molar-refractivity contribution in [2.45, 2.75) is 24.3 Å². The molecule has 116 valence electrons. The van der Waals surface area contributed by atoms with Crippen molar-refractivity contribution in [3.8, 4) is 5.75 Å². The first-order valence-electron chi connectivity index (χ1n) is 6.70. The maximum atomic E-state index is 12.1. The Kier molecular flexibility index (Phi) is 5.97. The first kappa shape index (κ1) is 16.5. The van der Waals surface area contributed by atoms with Crippen LogP contribution in [0.5, 0.6) is 5.75 Å². The maximum Gasteiger partial charge on any atom is 0.266 e. The number of carbonyl (C=O) groups is 1. The molecule has 0 spiro atoms. The molecule has 1 N–H and O–H groups in total. The van der Waals surface area contributed by atoms with Gasteiger partial charge in [0.2, 0.25) is 5.13 Å². The average Bonchev–Trinajstić information content (AvgIpc) is 2.94. The summed E-state index contributed by atoms with van der Waals surface area (Å²) in [5.41, 5.74) is 0.987. The molecule has 22 heavy (non-hydrogen) atoms. The molecular weight excluding hydrogens is 318 g/mol. The highest BCUT2D eigenvalue weighted by atomic mass is 32.2. The zero-order chi connectivity index (χ0) is 15.9. The third-order valence-corrected chi connectivity index (χ3v) is 4.70. The molecule has 2 rings (SSSR count). The number of nitrogens with one attached hydrogen (secondary N) is 1. The molecule has 0 fully saturated rings. The number of hydrogen-bond acceptors (Lipinski definition) is 6. The van der Waals surface area contributed by atoms with Crippen molar-refractivity contribution in [3.63, 3.8) is 0 Å². The van der Waals surface area contributed by atoms with E-state index in [1.165, 1.54) is 23.1 Å². The molecule has 1 atom stereocenters. The van der Waals surface area contributed by atoms with Gasteiger partial charge in [-0.25, -0.2) is 0 Å². The number of thioether (sulfide) groups is 1. The van der Waals surface area contributed by atoms with E-state index in [4.69, 9.17) is 4.74 Å². The Morgan fingerprint density at radius 1 is 1.50 bits per heavy atom. The molecular formula is C15H17N3O2S2. The van der Waals surface area contributed by atoms with E-state index >= 15 is 0 Å². The van der Waals surface area contributed by atoms with Gasteiger partial charge >= 0.3 is 0 Å². The van der Waals surface area contributed by atoms with Gasteiger partial charge in [-0.05, 0) is 25.5 Å². The van der Waals surface area contributed by atoms with Crippen LogP contribution in [-0.4, -0.2) is 28.0 Å². The van der Waals surface area contributed by atoms with Crippen LogP contribution in [0.3, 0.4) is 0 Å². The number of hydrogen-bond donors (Lipinski definition) is 1. The van der Waals surface area contributed by atoms with Crippen LogP contribution in [0.2, 0.25) is 0 Å². The van der Waals surface area contributed by atoms with Crippen LogP contribution in [0.15, 0.2) is 41.3 Å². The van der Waals surface area contributed by atoms with Crippen LogP contribution in [0.1, 0.15) is 12.5 Å². The van der Waals surface area contributed by atoms with E-state index in [1.807, 2.05) is 31.2 Å². The summed E-state index contributed by atoms with van der Waals surface area (Å²) in [5.74, 6) is 1.21. The standard InChI is InChI=1S/C15H17N3O2S2/c1-4-9-21-15-18-17-14(22-15)16-13(19)11(3)20-12-8-6-5-7-10(12)2/h4-8,11H,1,9H2,2-3H3,(H,16,17,19). The second kappa shape index (κ2) is 7.95. The van der Waals surface area contributed by atoms with Crippen molar-refractivity contribution < 1.29 is 9.53 Å². The van der Waals surface area contributed by atoms with Crippen molar-refractivity contribution in [1.82, 2.24) is 10.2 Å². The number of aromatic nitrogens is 2. The molecule has 0 radical (unpaired) electrons. The topological polar surface area (TPSA) is 64.1 Å². The van der Waals surface area contributed by atoms with Crippen molar-refractivity contribution in [2.24, 2.45) is 0 Å². The zero-order valence-electron chi connectivity index (χ0n) is 12.4. The van der Waals surface area contributed by atoms with Crippen molar-refractivity contribution in [2.75, 3.05) is 11.1 Å². The van der Waals surface area contributed by atoms with Crippen LogP contribution in [0.25, 0.3) is 0 Å². The molecule has 0 aliphatic heterocycles. The van der Waals surface area contributed by atoms with E-state index in [1.54, 1.807) is 13.0 Å². The Bertz CT molecular complexity index is 658. The summed E-state index contributed by atoms with van der Waals surface area (Å²) in [5, 5.41) is 11.1. The smallest absolute Gasteiger partial charge is 0.266 e. The van der Waals surface area contributed by atoms with Gasteiger partial charge in [0.1, 0.15) is 5.75 Å². The second-order valence-corrected chi connectivity index (χ2v) is 6.73. The van der Waals surface area contributed by atoms with E-state index in [-0.39, 0.29) is 5.91 Å². The Balaban J connectivity index is 1.92. The van der Waals surface area contributed by atoms with Gasteiger partial charge in [-0.2, -0.15) is 0 Å². The lowest BCUT2D eigenvalue weighted by molar-refractivity contribution is -0.122. The molecule has 0 saturated heterocycles. The highest BCUT2D eigenvalue weighted by molar-refractivity contribution is 8.01. The van der Waals surface area contributed by atoms with Crippen LogP contribution in [0.4, 0.5) is 5.13 Å². The number of ether oxygens (including phenoxy) is 1. The SMILES string of the molecule is C=CCSc1nnc(NC(=O)C(C)Oc2ccccc2C)s1. The minimum Gasteiger partial charge on any atom is -0.481 e. The van der Waals surface area contributed by atoms with Crippen LogP contribution >= 0.6 is 23.1 Å². The minimum absolute atomic E-state index is 0.250. The van der Waals surface area contributed by atoms with Gasteiger partial charge in [-0.3, -0.25) is 10.1 Å². The molecule has 1 amide bonds. The van der Waals surface area contributed by atoms with E-state index in [0.29, 0.717) is 10.9 Å². The second-order valence-electron chi connectivity index (χ2n) is 4.49. The predicted molar refractivity (Wildman–Crippen MR) is 90.7 cm³/mol. The summed E-state index contributed by atoms with van der Waals surface area (Å²) in [4.78, 5) is 12.1. The van der Waals surface area contributed by atoms with Crippen molar-refractivity contribution in [1.29, 1.82) is 0 Å². The molecule has 0 aliphatic carbocycles. The highest BCUT2D eigenvalue weighted by Crippen LogP contribution is 2.25. The van der Waals surface area contributed by atoms with Crippen molar-refractivity contribution in [3.05, 3.63) is 42.5 Å². The summed E-state index contributed by atoms with van der Waals surface area (Å²) >= 11 is 2.86. The fourth-order valence-electron chi connectivity index (χ4n) is 1.59. The Morgan fingerprint density at radius 2 is 2.27 bits per heavy atom. The molecule has 2 aromatic rings. The first-order valence-corrected chi connectivity index (χ1v) is 8.50. The fourth-order valence-corrected chi connectivity index (χ4v) is 3.10. The van der Waals surface area contributed by atoms with E-state index in [2.05, 4.69) is 22.1 Å². The molecule has 5 nitrogen and oxygen atoms in total. The number of carbonyl (C=O) groups excluding carboxylic acids is 1. The number of aryl methyl sites for hydroxylation is 1. The van der Waals surface area contributed by atoms with Gasteiger partial charge in [0.05, 0.1) is 0 Å². The lowest BCUT2D eigenvalue weighted by atomic mass is 10.2. The summed E-state index contributed by atoms with van der Waals surface area (Å²) < 4.78 is 6.47. The molecule has 1 aromatic carbocycles. The predicted octanol–water partition coefficient (Wildman–Crippen LogP) is 3.53. The third kappa shape index (κ3) is 4.57. The minimum atomic E-state index is -0.616. The van der Waals surface area contributed by atoms with Crippen LogP contribution < -0.4 is 10.1 Å². The van der Waals surface area contributed by atoms with E-state index in [9.17, 15) is 4.79 Å². The first-order chi connectivity index (χ1) is 10.6. The summed E-state index contributed by atoms with van der Waals surface area (Å²) in [6.45, 7) is 7.29. The van der Waals surface area contributed by atoms with Gasteiger partial charge in [-0.15, -0.1) is 16.8 Å². The number of rotatable bonds is 7. The van der Waals surface area contributed by atoms with Gasteiger partial charge < -0.3 is 4.74 Å². The highest BCUT2D eigenvalue weighted by Gasteiger charge is 2.17.